The molecule has 2 aromatic carbocycles. The van der Waals surface area contributed by atoms with E-state index in [1.54, 1.807) is 23.2 Å². The molecule has 0 bridgehead atoms. The Morgan fingerprint density at radius 3 is 2.35 bits per heavy atom. The van der Waals surface area contributed by atoms with E-state index in [0.717, 1.165) is 0 Å². The van der Waals surface area contributed by atoms with Gasteiger partial charge in [0.05, 0.1) is 15.8 Å². The number of carbonyl (C=O) groups is 2. The summed E-state index contributed by atoms with van der Waals surface area (Å²) in [6.45, 7) is 6.89. The first-order valence-corrected chi connectivity index (χ1v) is 15.8. The summed E-state index contributed by atoms with van der Waals surface area (Å²) < 4.78 is 30.4. The SMILES string of the molecule is CC(C)(C)NC(=O)N1CCC(n2cc(C(=O)c3cccc(NS(=O)(=O)c4cc(Cl)cc(Cl)c4)c3)c3c(N)ncnc32)CC1. The van der Waals surface area contributed by atoms with E-state index in [1.807, 2.05) is 25.3 Å². The maximum atomic E-state index is 13.9. The van der Waals surface area contributed by atoms with Crippen molar-refractivity contribution >= 4 is 67.6 Å². The lowest BCUT2D eigenvalue weighted by Gasteiger charge is -2.35. The Morgan fingerprint density at radius 2 is 1.70 bits per heavy atom. The monoisotopic (exact) mass is 643 g/mol. The number of sulfonamides is 1. The molecule has 1 aliphatic rings. The average Bonchev–Trinajstić information content (AvgIpc) is 3.32. The van der Waals surface area contributed by atoms with Gasteiger partial charge in [0.25, 0.3) is 10.0 Å². The number of likely N-dealkylation sites (tertiary alicyclic amines) is 1. The van der Waals surface area contributed by atoms with Gasteiger partial charge in [-0.3, -0.25) is 9.52 Å². The fourth-order valence-corrected chi connectivity index (χ4v) is 6.86. The Balaban J connectivity index is 1.42. The molecule has 0 aliphatic carbocycles. The summed E-state index contributed by atoms with van der Waals surface area (Å²) in [5, 5.41) is 3.76. The number of benzene rings is 2. The van der Waals surface area contributed by atoms with Crippen molar-refractivity contribution in [3.63, 3.8) is 0 Å². The Kier molecular flexibility index (Phi) is 8.30. The number of nitrogen functional groups attached to an aromatic ring is 1. The highest BCUT2D eigenvalue weighted by Gasteiger charge is 2.29. The number of ketones is 1. The molecule has 0 saturated carbocycles. The number of piperidine rings is 1. The van der Waals surface area contributed by atoms with Crippen LogP contribution < -0.4 is 15.8 Å². The van der Waals surface area contributed by atoms with Crippen molar-refractivity contribution in [3.8, 4) is 0 Å². The summed E-state index contributed by atoms with van der Waals surface area (Å²) in [5.74, 6) is -0.220. The number of amides is 2. The van der Waals surface area contributed by atoms with Crippen LogP contribution in [0.3, 0.4) is 0 Å². The van der Waals surface area contributed by atoms with E-state index in [-0.39, 0.29) is 55.4 Å². The van der Waals surface area contributed by atoms with Crippen LogP contribution in [0.5, 0.6) is 0 Å². The first-order chi connectivity index (χ1) is 20.2. The van der Waals surface area contributed by atoms with Crippen LogP contribution in [0.4, 0.5) is 16.3 Å². The molecule has 1 fully saturated rings. The third-order valence-electron chi connectivity index (χ3n) is 7.03. The number of nitrogens with zero attached hydrogens (tertiary/aromatic N) is 4. The first-order valence-electron chi connectivity index (χ1n) is 13.5. The molecule has 0 atom stereocenters. The molecule has 14 heteroatoms. The standard InChI is InChI=1S/C29H31Cl2N7O4S/c1-29(2,3)35-28(40)37-9-7-21(8-10-37)38-15-23(24-26(32)33-16-34-27(24)38)25(39)17-5-4-6-20(11-17)36-43(41,42)22-13-18(30)12-19(31)14-22/h4-6,11-16,21,36H,7-10H2,1-3H3,(H,35,40)(H2,32,33,34). The van der Waals surface area contributed by atoms with Gasteiger partial charge < -0.3 is 20.5 Å². The number of urea groups is 1. The molecular weight excluding hydrogens is 613 g/mol. The van der Waals surface area contributed by atoms with Crippen LogP contribution in [-0.4, -0.2) is 58.3 Å². The van der Waals surface area contributed by atoms with E-state index in [1.165, 1.54) is 36.7 Å². The van der Waals surface area contributed by atoms with Crippen LogP contribution in [0.15, 0.2) is 59.9 Å². The number of aromatic nitrogens is 3. The van der Waals surface area contributed by atoms with Gasteiger partial charge >= 0.3 is 6.03 Å². The Morgan fingerprint density at radius 1 is 1.02 bits per heavy atom. The molecule has 4 N–H and O–H groups in total. The summed E-state index contributed by atoms with van der Waals surface area (Å²) in [7, 11) is -4.04. The number of halogens is 2. The molecule has 0 radical (unpaired) electrons. The molecule has 226 valence electrons. The molecule has 5 rings (SSSR count). The van der Waals surface area contributed by atoms with Crippen molar-refractivity contribution in [1.29, 1.82) is 0 Å². The summed E-state index contributed by atoms with van der Waals surface area (Å²) in [6.07, 6.45) is 4.39. The van der Waals surface area contributed by atoms with E-state index in [9.17, 15) is 18.0 Å². The molecule has 4 aromatic rings. The number of carbonyl (C=O) groups excluding carboxylic acids is 2. The third-order valence-corrected chi connectivity index (χ3v) is 8.83. The van der Waals surface area contributed by atoms with Gasteiger partial charge in [0.2, 0.25) is 0 Å². The molecule has 11 nitrogen and oxygen atoms in total. The number of hydrogen-bond acceptors (Lipinski definition) is 7. The van der Waals surface area contributed by atoms with Gasteiger partial charge in [-0.25, -0.2) is 23.2 Å². The van der Waals surface area contributed by atoms with Crippen molar-refractivity contribution < 1.29 is 18.0 Å². The predicted octanol–water partition coefficient (Wildman–Crippen LogP) is 5.50. The number of rotatable bonds is 6. The molecule has 3 heterocycles. The fraction of sp³-hybridized carbons (Fsp3) is 0.310. The highest BCUT2D eigenvalue weighted by atomic mass is 35.5. The second kappa shape index (κ2) is 11.7. The molecule has 0 unspecified atom stereocenters. The number of nitrogens with one attached hydrogen (secondary N) is 2. The van der Waals surface area contributed by atoms with Crippen LogP contribution in [0.1, 0.15) is 55.6 Å². The smallest absolute Gasteiger partial charge is 0.317 e. The van der Waals surface area contributed by atoms with E-state index in [4.69, 9.17) is 28.9 Å². The molecule has 2 aromatic heterocycles. The van der Waals surface area contributed by atoms with Gasteiger partial charge in [-0.1, -0.05) is 35.3 Å². The maximum absolute atomic E-state index is 13.9. The number of anilines is 2. The minimum Gasteiger partial charge on any atom is -0.383 e. The van der Waals surface area contributed by atoms with Crippen LogP contribution in [-0.2, 0) is 10.0 Å². The topological polar surface area (TPSA) is 152 Å². The van der Waals surface area contributed by atoms with E-state index in [0.29, 0.717) is 42.5 Å². The molecule has 2 amide bonds. The van der Waals surface area contributed by atoms with Gasteiger partial charge in [-0.2, -0.15) is 0 Å². The molecule has 43 heavy (non-hydrogen) atoms. The Hall–Kier alpha value is -3.87. The predicted molar refractivity (Wildman–Crippen MR) is 167 cm³/mol. The van der Waals surface area contributed by atoms with E-state index < -0.39 is 10.0 Å². The zero-order valence-electron chi connectivity index (χ0n) is 23.8. The quantitative estimate of drug-likeness (QED) is 0.235. The Bertz CT molecular complexity index is 1810. The van der Waals surface area contributed by atoms with E-state index in [2.05, 4.69) is 20.0 Å². The van der Waals surface area contributed by atoms with Crippen molar-refractivity contribution in [2.45, 2.75) is 50.1 Å². The molecule has 0 spiro atoms. The second-order valence-electron chi connectivity index (χ2n) is 11.4. The average molecular weight is 645 g/mol. The number of hydrogen-bond donors (Lipinski definition) is 3. The van der Waals surface area contributed by atoms with Crippen molar-refractivity contribution in [1.82, 2.24) is 24.8 Å². The van der Waals surface area contributed by atoms with Crippen molar-refractivity contribution in [3.05, 3.63) is 76.2 Å². The molecular formula is C29H31Cl2N7O4S. The molecule has 1 aliphatic heterocycles. The number of nitrogens with two attached hydrogens (primary N) is 1. The van der Waals surface area contributed by atoms with Crippen molar-refractivity contribution in [2.75, 3.05) is 23.5 Å². The fourth-order valence-electron chi connectivity index (χ4n) is 5.08. The maximum Gasteiger partial charge on any atom is 0.317 e. The number of fused-ring (bicyclic) bond motifs is 1. The summed E-state index contributed by atoms with van der Waals surface area (Å²) >= 11 is 12.0. The van der Waals surface area contributed by atoms with Gasteiger partial charge in [0.15, 0.2) is 5.78 Å². The normalized spacial score (nSPS) is 14.6. The lowest BCUT2D eigenvalue weighted by atomic mass is 10.0. The van der Waals surface area contributed by atoms with Crippen LogP contribution in [0.25, 0.3) is 11.0 Å². The lowest BCUT2D eigenvalue weighted by molar-refractivity contribution is 0.104. The first kappa shape index (κ1) is 30.6. The summed E-state index contributed by atoms with van der Waals surface area (Å²) in [5.41, 5.74) is 7.13. The van der Waals surface area contributed by atoms with Crippen molar-refractivity contribution in [2.24, 2.45) is 0 Å². The summed E-state index contributed by atoms with van der Waals surface area (Å²) in [6, 6.07) is 10.00. The zero-order valence-corrected chi connectivity index (χ0v) is 26.1. The van der Waals surface area contributed by atoms with E-state index >= 15 is 0 Å². The van der Waals surface area contributed by atoms with Gasteiger partial charge in [-0.05, 0) is 63.9 Å². The third kappa shape index (κ3) is 6.71. The summed E-state index contributed by atoms with van der Waals surface area (Å²) in [4.78, 5) is 36.7. The lowest BCUT2D eigenvalue weighted by Crippen LogP contribution is -2.50. The Labute approximate surface area is 259 Å². The van der Waals surface area contributed by atoms with Crippen LogP contribution in [0.2, 0.25) is 10.0 Å². The highest BCUT2D eigenvalue weighted by molar-refractivity contribution is 7.92. The van der Waals surface area contributed by atoms with Crippen LogP contribution in [0, 0.1) is 0 Å². The molecule has 1 saturated heterocycles. The minimum absolute atomic E-state index is 0.0281. The second-order valence-corrected chi connectivity index (χ2v) is 14.0. The minimum atomic E-state index is -4.04. The largest absolute Gasteiger partial charge is 0.383 e. The van der Waals surface area contributed by atoms with Gasteiger partial charge in [0.1, 0.15) is 17.8 Å². The van der Waals surface area contributed by atoms with Gasteiger partial charge in [-0.15, -0.1) is 0 Å². The highest BCUT2D eigenvalue weighted by Crippen LogP contribution is 2.33. The van der Waals surface area contributed by atoms with Crippen LogP contribution >= 0.6 is 23.2 Å². The zero-order chi connectivity index (χ0) is 31.1. The van der Waals surface area contributed by atoms with Gasteiger partial charge in [0, 0.05) is 52.2 Å².